The molecule has 0 aromatic heterocycles. The van der Waals surface area contributed by atoms with Gasteiger partial charge in [0.25, 0.3) is 0 Å². The molecule has 10 atom stereocenters. The number of benzene rings is 1. The molecule has 0 bridgehead atoms. The minimum atomic E-state index is -1.05. The van der Waals surface area contributed by atoms with E-state index < -0.39 is 54.2 Å². The van der Waals surface area contributed by atoms with Gasteiger partial charge in [-0.1, -0.05) is 79.1 Å². The van der Waals surface area contributed by atoms with Gasteiger partial charge in [0.15, 0.2) is 0 Å². The highest BCUT2D eigenvalue weighted by Gasteiger charge is 2.52. The zero-order chi connectivity index (χ0) is 60.6. The molecule has 4 heterocycles. The number of nitrogens with zero attached hydrogens (tertiary/aromatic N) is 2. The maximum absolute atomic E-state index is 14.0. The van der Waals surface area contributed by atoms with E-state index in [1.165, 1.54) is 23.0 Å². The van der Waals surface area contributed by atoms with Crippen LogP contribution >= 0.6 is 15.9 Å². The number of nitrogens with one attached hydrogen (secondary N) is 6. The fraction of sp³-hybridized carbons (Fsp3) is 0.644. The van der Waals surface area contributed by atoms with Gasteiger partial charge in [0.1, 0.15) is 24.8 Å². The average molecular weight is 1230 g/mol. The number of nitrogens with two attached hydrogens (primary N) is 1. The Balaban J connectivity index is 1.09. The highest BCUT2D eigenvalue weighted by Crippen LogP contribution is 2.43. The summed E-state index contributed by atoms with van der Waals surface area (Å²) in [5.41, 5.74) is 6.90. The monoisotopic (exact) mass is 1230 g/mol. The van der Waals surface area contributed by atoms with Crippen LogP contribution in [0.4, 0.5) is 15.3 Å². The number of carbonyl (C=O) groups excluding carboxylic acids is 9. The maximum atomic E-state index is 14.0. The highest BCUT2D eigenvalue weighted by atomic mass is 79.9. The van der Waals surface area contributed by atoms with Crippen LogP contribution in [-0.4, -0.2) is 156 Å². The van der Waals surface area contributed by atoms with Gasteiger partial charge in [-0.3, -0.25) is 33.6 Å². The molecule has 0 saturated carbocycles. The van der Waals surface area contributed by atoms with Gasteiger partial charge in [0.05, 0.1) is 54.4 Å². The number of ether oxygens (including phenoxy) is 5. The first-order valence-electron chi connectivity index (χ1n) is 29.1. The SMILES string of the molecule is CC(=O)O[C@@H](C)/C=C\C(=O)N[C@@H]1C[C@H](C)[C@H](C/C=C(C)/C=C/[C@@H]2C[C@]3(CO3)C[C@@H](CC(=O)N3CCCCN3C(=O)OCc3ccc(NC(=O)[C@H](CCCNC(N)=O)NC(=O)[C@@H](NC(=O)CCCCCNC(=O)CBr)C(C)C)cc3)O2)O[C@@H]1C. The Kier molecular flexibility index (Phi) is 27.5. The smallest absolute Gasteiger partial charge is 0.429 e. The van der Waals surface area contributed by atoms with Gasteiger partial charge in [-0.05, 0) is 108 Å². The Bertz CT molecular complexity index is 2470. The predicted molar refractivity (Wildman–Crippen MR) is 313 cm³/mol. The number of urea groups is 1. The lowest BCUT2D eigenvalue weighted by molar-refractivity contribution is -0.155. The fourth-order valence-electron chi connectivity index (χ4n) is 10.2. The van der Waals surface area contributed by atoms with Crippen molar-refractivity contribution in [3.63, 3.8) is 0 Å². The van der Waals surface area contributed by atoms with E-state index in [9.17, 15) is 43.2 Å². The fourth-order valence-corrected chi connectivity index (χ4v) is 10.4. The molecule has 8 N–H and O–H groups in total. The number of carbonyl (C=O) groups is 9. The Morgan fingerprint density at radius 1 is 0.855 bits per heavy atom. The minimum Gasteiger partial charge on any atom is -0.459 e. The van der Waals surface area contributed by atoms with Crippen LogP contribution in [0.25, 0.3) is 0 Å². The molecule has 1 aromatic carbocycles. The lowest BCUT2D eigenvalue weighted by Gasteiger charge is -2.39. The molecule has 1 spiro atoms. The standard InChI is InChI=1S/C59H88BrN9O14/c1-37(2)54(67-50(71)15-9-8-10-26-62-52(73)34-60)56(76)66-47(14-13-27-63-57(61)77)55(75)64-44-21-19-43(20-22-44)35-79-58(78)69-29-12-11-28-68(69)53(74)31-46-33-59(36-80-59)32-45(83-46)23-16-38(3)17-24-49-39(4)30-48(41(6)82-49)65-51(72)25-18-40(5)81-42(7)70/h16-23,25,37,39-41,45-49,54H,8-15,24,26-36H2,1-7H3,(H,62,73)(H,64,75)(H,65,72)(H,66,76)(H,67,71)(H3,61,63,77)/b23-16+,25-18-,38-17+/t39-,40-,41+,45+,46+,47-,48+,49-,54-,59+/m0/s1. The number of primary amides is 1. The van der Waals surface area contributed by atoms with E-state index in [1.54, 1.807) is 51.1 Å². The third kappa shape index (κ3) is 23.7. The van der Waals surface area contributed by atoms with Gasteiger partial charge in [0.2, 0.25) is 35.4 Å². The minimum absolute atomic E-state index is 0.0407. The molecule has 460 valence electrons. The van der Waals surface area contributed by atoms with E-state index in [1.807, 2.05) is 26.0 Å². The number of epoxide rings is 1. The molecule has 0 unspecified atom stereocenters. The normalized spacial score (nSPS) is 23.7. The molecule has 24 heteroatoms. The van der Waals surface area contributed by atoms with Crippen LogP contribution in [0.15, 0.2) is 60.2 Å². The molecule has 83 heavy (non-hydrogen) atoms. The van der Waals surface area contributed by atoms with Crippen molar-refractivity contribution in [2.24, 2.45) is 17.6 Å². The first-order chi connectivity index (χ1) is 39.5. The van der Waals surface area contributed by atoms with Crippen molar-refractivity contribution >= 4 is 75.2 Å². The molecule has 4 fully saturated rings. The summed E-state index contributed by atoms with van der Waals surface area (Å²) in [6.07, 6.45) is 13.6. The molecule has 23 nitrogen and oxygen atoms in total. The van der Waals surface area contributed by atoms with Crippen molar-refractivity contribution in [3.8, 4) is 0 Å². The maximum Gasteiger partial charge on any atom is 0.429 e. The van der Waals surface area contributed by atoms with Gasteiger partial charge in [-0.25, -0.2) is 19.6 Å². The van der Waals surface area contributed by atoms with Gasteiger partial charge in [-0.15, -0.1) is 0 Å². The largest absolute Gasteiger partial charge is 0.459 e. The number of rotatable bonds is 29. The number of allylic oxidation sites excluding steroid dienone is 2. The van der Waals surface area contributed by atoms with Crippen LogP contribution in [0.2, 0.25) is 0 Å². The number of esters is 1. The molecular formula is C59H88BrN9O14. The molecule has 0 aliphatic carbocycles. The van der Waals surface area contributed by atoms with E-state index in [2.05, 4.69) is 60.8 Å². The van der Waals surface area contributed by atoms with Gasteiger partial charge in [0, 0.05) is 64.1 Å². The number of hydrazine groups is 1. The lowest BCUT2D eigenvalue weighted by Crippen LogP contribution is -2.54. The van der Waals surface area contributed by atoms with E-state index in [4.69, 9.17) is 29.4 Å². The van der Waals surface area contributed by atoms with Crippen LogP contribution in [0.1, 0.15) is 138 Å². The highest BCUT2D eigenvalue weighted by molar-refractivity contribution is 9.09. The number of anilines is 1. The summed E-state index contributed by atoms with van der Waals surface area (Å²) >= 11 is 3.10. The van der Waals surface area contributed by atoms with Gasteiger partial charge in [-0.2, -0.15) is 0 Å². The van der Waals surface area contributed by atoms with E-state index in [0.29, 0.717) is 95.3 Å². The summed E-state index contributed by atoms with van der Waals surface area (Å²) in [4.78, 5) is 114. The van der Waals surface area contributed by atoms with Crippen LogP contribution in [0, 0.1) is 11.8 Å². The van der Waals surface area contributed by atoms with Crippen molar-refractivity contribution < 1.29 is 66.8 Å². The summed E-state index contributed by atoms with van der Waals surface area (Å²) in [5, 5.41) is 19.7. The summed E-state index contributed by atoms with van der Waals surface area (Å²) < 4.78 is 29.6. The second-order valence-electron chi connectivity index (χ2n) is 22.5. The van der Waals surface area contributed by atoms with Crippen molar-refractivity contribution in [3.05, 3.63) is 65.8 Å². The topological polar surface area (TPSA) is 308 Å². The molecule has 1 aromatic rings. The molecule has 9 amide bonds. The van der Waals surface area contributed by atoms with E-state index >= 15 is 0 Å². The summed E-state index contributed by atoms with van der Waals surface area (Å²) in [6.45, 7) is 14.4. The second kappa shape index (κ2) is 33.8. The quantitative estimate of drug-likeness (QED) is 0.0127. The summed E-state index contributed by atoms with van der Waals surface area (Å²) in [7, 11) is 0. The first-order valence-corrected chi connectivity index (χ1v) is 30.2. The summed E-state index contributed by atoms with van der Waals surface area (Å²) in [6, 6.07) is 3.75. The Morgan fingerprint density at radius 2 is 1.57 bits per heavy atom. The molecule has 0 radical (unpaired) electrons. The number of hydrogen-bond donors (Lipinski definition) is 7. The zero-order valence-electron chi connectivity index (χ0n) is 49.2. The van der Waals surface area contributed by atoms with Crippen LogP contribution < -0.4 is 37.6 Å². The van der Waals surface area contributed by atoms with E-state index in [0.717, 1.165) is 12.0 Å². The number of amides is 9. The molecular weight excluding hydrogens is 1140 g/mol. The first kappa shape index (κ1) is 67.4. The Labute approximate surface area is 496 Å². The lowest BCUT2D eigenvalue weighted by atomic mass is 9.88. The second-order valence-corrected chi connectivity index (χ2v) is 23.0. The van der Waals surface area contributed by atoms with E-state index in [-0.39, 0.29) is 103 Å². The zero-order valence-corrected chi connectivity index (χ0v) is 50.8. The third-order valence-corrected chi connectivity index (χ3v) is 15.4. The van der Waals surface area contributed by atoms with Gasteiger partial charge >= 0.3 is 18.1 Å². The van der Waals surface area contributed by atoms with Crippen molar-refractivity contribution in [1.82, 2.24) is 36.6 Å². The molecule has 4 aliphatic heterocycles. The van der Waals surface area contributed by atoms with Crippen molar-refractivity contribution in [2.75, 3.05) is 43.4 Å². The predicted octanol–water partition coefficient (Wildman–Crippen LogP) is 5.65. The Morgan fingerprint density at radius 3 is 2.24 bits per heavy atom. The number of hydrogen-bond acceptors (Lipinski definition) is 14. The molecule has 5 rings (SSSR count). The van der Waals surface area contributed by atoms with Gasteiger partial charge < -0.3 is 61.3 Å². The Hall–Kier alpha value is -6.37. The molecule has 4 aliphatic rings. The average Bonchev–Trinajstić information content (AvgIpc) is 4.33. The van der Waals surface area contributed by atoms with Crippen LogP contribution in [0.3, 0.4) is 0 Å². The third-order valence-electron chi connectivity index (χ3n) is 14.9. The number of unbranched alkanes of at least 4 members (excludes halogenated alkanes) is 2. The number of halogens is 1. The van der Waals surface area contributed by atoms with Crippen LogP contribution in [0.5, 0.6) is 0 Å². The summed E-state index contributed by atoms with van der Waals surface area (Å²) in [5.74, 6) is -2.59. The van der Waals surface area contributed by atoms with Crippen molar-refractivity contribution in [2.45, 2.75) is 193 Å². The molecule has 4 saturated heterocycles. The number of alkyl halides is 1. The van der Waals surface area contributed by atoms with Crippen LogP contribution in [-0.2, 0) is 63.9 Å². The van der Waals surface area contributed by atoms with Crippen molar-refractivity contribution in [1.29, 1.82) is 0 Å².